The van der Waals surface area contributed by atoms with Crippen molar-refractivity contribution in [1.82, 2.24) is 10.2 Å². The summed E-state index contributed by atoms with van der Waals surface area (Å²) in [6, 6.07) is 0.939. The van der Waals surface area contributed by atoms with Crippen LogP contribution in [0.25, 0.3) is 0 Å². The molecule has 3 fully saturated rings. The van der Waals surface area contributed by atoms with Gasteiger partial charge in [0.2, 0.25) is 0 Å². The first-order valence-corrected chi connectivity index (χ1v) is 7.82. The molecule has 0 aromatic rings. The van der Waals surface area contributed by atoms with Crippen molar-refractivity contribution in [3.63, 3.8) is 0 Å². The first kappa shape index (κ1) is 12.0. The first-order chi connectivity index (χ1) is 8.33. The van der Waals surface area contributed by atoms with Crippen molar-refractivity contribution in [1.29, 1.82) is 0 Å². The van der Waals surface area contributed by atoms with Crippen LogP contribution in [-0.2, 0) is 0 Å². The van der Waals surface area contributed by atoms with Gasteiger partial charge in [0, 0.05) is 18.1 Å². The zero-order valence-corrected chi connectivity index (χ0v) is 11.4. The molecule has 3 atom stereocenters. The van der Waals surface area contributed by atoms with E-state index in [0.717, 1.165) is 12.0 Å². The fourth-order valence-electron chi connectivity index (χ4n) is 4.56. The van der Waals surface area contributed by atoms with Gasteiger partial charge in [0.1, 0.15) is 0 Å². The Balaban J connectivity index is 1.66. The highest BCUT2D eigenvalue weighted by molar-refractivity contribution is 4.98. The lowest BCUT2D eigenvalue weighted by Gasteiger charge is -2.43. The summed E-state index contributed by atoms with van der Waals surface area (Å²) in [5.41, 5.74) is 0.463. The first-order valence-electron chi connectivity index (χ1n) is 7.82. The molecule has 0 radical (unpaired) electrons. The van der Waals surface area contributed by atoms with Crippen molar-refractivity contribution in [3.05, 3.63) is 0 Å². The van der Waals surface area contributed by atoms with E-state index >= 15 is 0 Å². The predicted molar refractivity (Wildman–Crippen MR) is 72.2 cm³/mol. The number of nitrogens with zero attached hydrogens (tertiary/aromatic N) is 1. The van der Waals surface area contributed by atoms with Gasteiger partial charge in [0.15, 0.2) is 0 Å². The van der Waals surface area contributed by atoms with Crippen LogP contribution < -0.4 is 5.32 Å². The van der Waals surface area contributed by atoms with Gasteiger partial charge < -0.3 is 5.32 Å². The summed E-state index contributed by atoms with van der Waals surface area (Å²) in [6.45, 7) is 6.30. The minimum Gasteiger partial charge on any atom is -0.310 e. The SMILES string of the molecule is CCC1(CN2CCCC3CCCC32)CCCN1. The molecule has 3 unspecified atom stereocenters. The second-order valence-electron chi connectivity index (χ2n) is 6.54. The van der Waals surface area contributed by atoms with Crippen LogP contribution in [0.4, 0.5) is 0 Å². The Kier molecular flexibility index (Phi) is 3.45. The van der Waals surface area contributed by atoms with Gasteiger partial charge >= 0.3 is 0 Å². The molecule has 2 nitrogen and oxygen atoms in total. The van der Waals surface area contributed by atoms with Crippen molar-refractivity contribution in [2.75, 3.05) is 19.6 Å². The Morgan fingerprint density at radius 2 is 2.06 bits per heavy atom. The second-order valence-corrected chi connectivity index (χ2v) is 6.54. The van der Waals surface area contributed by atoms with E-state index in [2.05, 4.69) is 17.1 Å². The molecule has 2 saturated heterocycles. The van der Waals surface area contributed by atoms with E-state index in [9.17, 15) is 0 Å². The molecule has 1 aliphatic carbocycles. The van der Waals surface area contributed by atoms with Crippen molar-refractivity contribution in [2.45, 2.75) is 69.9 Å². The van der Waals surface area contributed by atoms with Gasteiger partial charge in [-0.3, -0.25) is 4.90 Å². The van der Waals surface area contributed by atoms with Crippen molar-refractivity contribution in [2.24, 2.45) is 5.92 Å². The smallest absolute Gasteiger partial charge is 0.0306 e. The largest absolute Gasteiger partial charge is 0.310 e. The third-order valence-electron chi connectivity index (χ3n) is 5.62. The molecule has 2 heterocycles. The molecule has 98 valence electrons. The maximum absolute atomic E-state index is 3.81. The highest BCUT2D eigenvalue weighted by Crippen LogP contribution is 2.38. The number of hydrogen-bond donors (Lipinski definition) is 1. The van der Waals surface area contributed by atoms with E-state index in [0.29, 0.717) is 5.54 Å². The average molecular weight is 236 g/mol. The number of nitrogens with one attached hydrogen (secondary N) is 1. The standard InChI is InChI=1S/C15H28N2/c1-2-15(9-5-10-16-15)12-17-11-4-7-13-6-3-8-14(13)17/h13-14,16H,2-12H2,1H3. The Labute approximate surface area is 106 Å². The van der Waals surface area contributed by atoms with Crippen LogP contribution in [0.2, 0.25) is 0 Å². The summed E-state index contributed by atoms with van der Waals surface area (Å²) in [7, 11) is 0. The Bertz CT molecular complexity index is 258. The van der Waals surface area contributed by atoms with Gasteiger partial charge in [0.25, 0.3) is 0 Å². The van der Waals surface area contributed by atoms with E-state index in [1.807, 2.05) is 0 Å². The second kappa shape index (κ2) is 4.89. The van der Waals surface area contributed by atoms with Gasteiger partial charge in [-0.2, -0.15) is 0 Å². The van der Waals surface area contributed by atoms with Crippen LogP contribution >= 0.6 is 0 Å². The molecule has 3 aliphatic rings. The zero-order chi connectivity index (χ0) is 11.7. The lowest BCUT2D eigenvalue weighted by atomic mass is 9.88. The maximum Gasteiger partial charge on any atom is 0.0306 e. The van der Waals surface area contributed by atoms with Crippen LogP contribution in [0.5, 0.6) is 0 Å². The summed E-state index contributed by atoms with van der Waals surface area (Å²) in [5.74, 6) is 1.04. The fraction of sp³-hybridized carbons (Fsp3) is 1.00. The molecule has 3 rings (SSSR count). The van der Waals surface area contributed by atoms with Crippen LogP contribution in [0, 0.1) is 5.92 Å². The van der Waals surface area contributed by atoms with Crippen molar-refractivity contribution >= 4 is 0 Å². The summed E-state index contributed by atoms with van der Waals surface area (Å²) in [4.78, 5) is 2.85. The third kappa shape index (κ3) is 2.26. The van der Waals surface area contributed by atoms with Gasteiger partial charge in [-0.15, -0.1) is 0 Å². The molecule has 2 heteroatoms. The number of likely N-dealkylation sites (tertiary alicyclic amines) is 1. The number of piperidine rings is 1. The molecule has 0 spiro atoms. The third-order valence-corrected chi connectivity index (χ3v) is 5.62. The van der Waals surface area contributed by atoms with Gasteiger partial charge in [-0.1, -0.05) is 13.3 Å². The lowest BCUT2D eigenvalue weighted by Crippen LogP contribution is -2.54. The Morgan fingerprint density at radius 3 is 2.82 bits per heavy atom. The van der Waals surface area contributed by atoms with E-state index < -0.39 is 0 Å². The fourth-order valence-corrected chi connectivity index (χ4v) is 4.56. The lowest BCUT2D eigenvalue weighted by molar-refractivity contribution is 0.0789. The van der Waals surface area contributed by atoms with Crippen LogP contribution in [0.3, 0.4) is 0 Å². The molecular weight excluding hydrogens is 208 g/mol. The minimum absolute atomic E-state index is 0.463. The molecule has 0 aromatic carbocycles. The van der Waals surface area contributed by atoms with Crippen LogP contribution in [0.15, 0.2) is 0 Å². The van der Waals surface area contributed by atoms with Crippen LogP contribution in [-0.4, -0.2) is 36.1 Å². The summed E-state index contributed by atoms with van der Waals surface area (Å²) in [5, 5.41) is 3.81. The van der Waals surface area contributed by atoms with E-state index in [4.69, 9.17) is 0 Å². The monoisotopic (exact) mass is 236 g/mol. The summed E-state index contributed by atoms with van der Waals surface area (Å²) < 4.78 is 0. The van der Waals surface area contributed by atoms with Gasteiger partial charge in [-0.05, 0) is 64.0 Å². The predicted octanol–water partition coefficient (Wildman–Crippen LogP) is 2.78. The molecular formula is C15H28N2. The van der Waals surface area contributed by atoms with E-state index in [1.165, 1.54) is 71.0 Å². The Hall–Kier alpha value is -0.0800. The van der Waals surface area contributed by atoms with E-state index in [-0.39, 0.29) is 0 Å². The summed E-state index contributed by atoms with van der Waals surface area (Å²) >= 11 is 0. The van der Waals surface area contributed by atoms with Gasteiger partial charge in [-0.25, -0.2) is 0 Å². The minimum atomic E-state index is 0.463. The number of rotatable bonds is 3. The van der Waals surface area contributed by atoms with Crippen molar-refractivity contribution in [3.8, 4) is 0 Å². The van der Waals surface area contributed by atoms with Gasteiger partial charge in [0.05, 0.1) is 0 Å². The quantitative estimate of drug-likeness (QED) is 0.810. The average Bonchev–Trinajstić information content (AvgIpc) is 2.98. The summed E-state index contributed by atoms with van der Waals surface area (Å²) in [6.07, 6.45) is 11.5. The topological polar surface area (TPSA) is 15.3 Å². The highest BCUT2D eigenvalue weighted by atomic mass is 15.2. The number of hydrogen-bond acceptors (Lipinski definition) is 2. The Morgan fingerprint density at radius 1 is 1.18 bits per heavy atom. The molecule has 2 aliphatic heterocycles. The molecule has 1 saturated carbocycles. The van der Waals surface area contributed by atoms with Crippen molar-refractivity contribution < 1.29 is 0 Å². The normalized spacial score (nSPS) is 42.9. The molecule has 17 heavy (non-hydrogen) atoms. The molecule has 0 aromatic heterocycles. The molecule has 1 N–H and O–H groups in total. The highest BCUT2D eigenvalue weighted by Gasteiger charge is 2.40. The van der Waals surface area contributed by atoms with E-state index in [1.54, 1.807) is 0 Å². The molecule has 0 amide bonds. The maximum atomic E-state index is 3.81. The zero-order valence-electron chi connectivity index (χ0n) is 11.4. The number of fused-ring (bicyclic) bond motifs is 1. The molecule has 0 bridgehead atoms. The van der Waals surface area contributed by atoms with Crippen LogP contribution in [0.1, 0.15) is 58.3 Å².